The van der Waals surface area contributed by atoms with Gasteiger partial charge in [-0.2, -0.15) is 0 Å². The van der Waals surface area contributed by atoms with Crippen molar-refractivity contribution in [3.8, 4) is 17.2 Å². The summed E-state index contributed by atoms with van der Waals surface area (Å²) in [7, 11) is 1.30. The van der Waals surface area contributed by atoms with Gasteiger partial charge in [0.25, 0.3) is 0 Å². The van der Waals surface area contributed by atoms with E-state index in [-0.39, 0.29) is 53.0 Å². The van der Waals surface area contributed by atoms with Gasteiger partial charge in [0.15, 0.2) is 18.7 Å². The molecule has 1 saturated heterocycles. The molecule has 0 aromatic heterocycles. The van der Waals surface area contributed by atoms with Gasteiger partial charge in [0.1, 0.15) is 34.7 Å². The molecular formula is C37H44N2O14. The fraction of sp³-hybridized carbons (Fsp3) is 0.514. The molecule has 16 heteroatoms. The van der Waals surface area contributed by atoms with Gasteiger partial charge in [0.2, 0.25) is 17.5 Å². The van der Waals surface area contributed by atoms with Crippen molar-refractivity contribution < 1.29 is 68.1 Å². The first-order chi connectivity index (χ1) is 24.9. The van der Waals surface area contributed by atoms with Crippen molar-refractivity contribution >= 4 is 35.0 Å². The first kappa shape index (κ1) is 39.5. The van der Waals surface area contributed by atoms with Crippen LogP contribution >= 0.6 is 0 Å². The second kappa shape index (κ2) is 15.3. The largest absolute Gasteiger partial charge is 0.507 e. The molecule has 53 heavy (non-hydrogen) atoms. The number of nitrogens with one attached hydrogen (secondary N) is 1. The number of benzene rings is 2. The first-order valence-electron chi connectivity index (χ1n) is 17.2. The van der Waals surface area contributed by atoms with Crippen LogP contribution in [-0.4, -0.2) is 105 Å². The number of nitrogens with two attached hydrogens (primary N) is 1. The molecule has 4 unspecified atom stereocenters. The van der Waals surface area contributed by atoms with Gasteiger partial charge in [0, 0.05) is 54.8 Å². The molecule has 1 fully saturated rings. The number of aromatic hydroxyl groups is 2. The Kier molecular flexibility index (Phi) is 11.4. The molecule has 0 saturated carbocycles. The number of hydrogen-bond acceptors (Lipinski definition) is 15. The van der Waals surface area contributed by atoms with Crippen molar-refractivity contribution in [1.29, 1.82) is 0 Å². The average Bonchev–Trinajstić information content (AvgIpc) is 3.10. The van der Waals surface area contributed by atoms with Crippen LogP contribution in [0.4, 0.5) is 0 Å². The number of aliphatic hydroxyl groups is 2. The summed E-state index contributed by atoms with van der Waals surface area (Å²) in [5.41, 5.74) is 1.85. The molecular weight excluding hydrogens is 696 g/mol. The van der Waals surface area contributed by atoms with Crippen molar-refractivity contribution in [2.45, 2.75) is 102 Å². The van der Waals surface area contributed by atoms with Crippen molar-refractivity contribution in [2.24, 2.45) is 11.7 Å². The molecule has 0 radical (unpaired) electrons. The van der Waals surface area contributed by atoms with Crippen LogP contribution in [0.2, 0.25) is 0 Å². The van der Waals surface area contributed by atoms with E-state index in [0.29, 0.717) is 0 Å². The van der Waals surface area contributed by atoms with Crippen LogP contribution in [0.3, 0.4) is 0 Å². The summed E-state index contributed by atoms with van der Waals surface area (Å²) in [6.07, 6.45) is -6.06. The highest BCUT2D eigenvalue weighted by atomic mass is 16.7. The maximum absolute atomic E-state index is 13.9. The zero-order chi connectivity index (χ0) is 39.1. The van der Waals surface area contributed by atoms with E-state index in [1.165, 1.54) is 32.2 Å². The van der Waals surface area contributed by atoms with Crippen molar-refractivity contribution in [3.05, 3.63) is 51.6 Å². The summed E-state index contributed by atoms with van der Waals surface area (Å²) in [4.78, 5) is 78.3. The summed E-state index contributed by atoms with van der Waals surface area (Å²) < 4.78 is 22.5. The SMILES string of the molecule is COc1cccc2c1C(=O)c1c(O)c3c(c(O)c1C2=O)C[C@@](O)(C(=O)COC(=O)[C@@H](NC(=O)CCC(C)=O)C(C)C)C[C@@H]3OC1CC(N)C(O)C(C)O1. The molecule has 2 aromatic carbocycles. The molecule has 1 amide bonds. The second-order valence-corrected chi connectivity index (χ2v) is 14.1. The van der Waals surface area contributed by atoms with Gasteiger partial charge in [-0.05, 0) is 25.8 Å². The van der Waals surface area contributed by atoms with E-state index in [4.69, 9.17) is 24.7 Å². The minimum Gasteiger partial charge on any atom is -0.507 e. The number of amides is 1. The van der Waals surface area contributed by atoms with Gasteiger partial charge < -0.3 is 55.2 Å². The number of phenols is 2. The third-order valence-corrected chi connectivity index (χ3v) is 9.95. The van der Waals surface area contributed by atoms with Gasteiger partial charge in [-0.3, -0.25) is 19.2 Å². The van der Waals surface area contributed by atoms with Crippen LogP contribution in [0.1, 0.15) is 102 Å². The number of Topliss-reactive ketones (excluding diaryl/α,β-unsaturated/α-hetero) is 2. The highest BCUT2D eigenvalue weighted by Crippen LogP contribution is 2.52. The van der Waals surface area contributed by atoms with Crippen LogP contribution in [0.25, 0.3) is 0 Å². The number of hydrogen-bond donors (Lipinski definition) is 6. The Morgan fingerprint density at radius 3 is 2.36 bits per heavy atom. The molecule has 5 rings (SSSR count). The smallest absolute Gasteiger partial charge is 0.329 e. The van der Waals surface area contributed by atoms with Gasteiger partial charge >= 0.3 is 5.97 Å². The lowest BCUT2D eigenvalue weighted by molar-refractivity contribution is -0.247. The summed E-state index contributed by atoms with van der Waals surface area (Å²) in [5.74, 6) is -6.43. The molecule has 0 spiro atoms. The zero-order valence-corrected chi connectivity index (χ0v) is 30.0. The highest BCUT2D eigenvalue weighted by Gasteiger charge is 2.50. The molecule has 286 valence electrons. The first-order valence-corrected chi connectivity index (χ1v) is 17.2. The Labute approximate surface area is 304 Å². The van der Waals surface area contributed by atoms with Crippen LogP contribution in [0.15, 0.2) is 18.2 Å². The standard InChI is InChI=1S/C37H44N2O14/c1-15(2)30(39-24(42)10-9-16(3)40)36(48)51-14-23(41)37(49)12-19-27(22(13-37)53-25-11-20(38)31(43)17(4)52-25)35(47)29-28(33(19)45)32(44)18-7-6-8-21(50-5)26(18)34(29)46/h6-8,15,17,20,22,25,30-31,43,45,47,49H,9-14,38H2,1-5H3,(H,39,42)/t17?,20?,22-,25?,30-,31?,37-/m0/s1. The lowest BCUT2D eigenvalue weighted by Crippen LogP contribution is -2.53. The van der Waals surface area contributed by atoms with E-state index in [9.17, 15) is 49.2 Å². The predicted octanol–water partition coefficient (Wildman–Crippen LogP) is 1.06. The highest BCUT2D eigenvalue weighted by molar-refractivity contribution is 6.31. The lowest BCUT2D eigenvalue weighted by atomic mass is 9.72. The normalized spacial score (nSPS) is 25.5. The van der Waals surface area contributed by atoms with E-state index in [1.54, 1.807) is 20.8 Å². The summed E-state index contributed by atoms with van der Waals surface area (Å²) >= 11 is 0. The quantitative estimate of drug-likeness (QED) is 0.112. The Bertz CT molecular complexity index is 1840. The molecule has 0 bridgehead atoms. The maximum Gasteiger partial charge on any atom is 0.329 e. The Hall–Kier alpha value is -4.74. The molecule has 1 aliphatic heterocycles. The number of fused-ring (bicyclic) bond motifs is 3. The molecule has 16 nitrogen and oxygen atoms in total. The minimum absolute atomic E-state index is 0.0364. The van der Waals surface area contributed by atoms with Crippen LogP contribution in [0.5, 0.6) is 17.2 Å². The Balaban J connectivity index is 1.51. The molecule has 1 heterocycles. The number of aliphatic hydroxyl groups excluding tert-OH is 1. The number of ketones is 4. The molecule has 2 aliphatic carbocycles. The maximum atomic E-state index is 13.9. The molecule has 3 aliphatic rings. The van der Waals surface area contributed by atoms with Crippen molar-refractivity contribution in [2.75, 3.05) is 13.7 Å². The van der Waals surface area contributed by atoms with Crippen LogP contribution in [0, 0.1) is 5.92 Å². The fourth-order valence-electron chi connectivity index (χ4n) is 7.00. The summed E-state index contributed by atoms with van der Waals surface area (Å²) in [6, 6.07) is 2.28. The number of carbonyl (C=O) groups excluding carboxylic acids is 6. The number of rotatable bonds is 12. The van der Waals surface area contributed by atoms with Crippen LogP contribution < -0.4 is 15.8 Å². The molecule has 7 N–H and O–H groups in total. The van der Waals surface area contributed by atoms with E-state index in [2.05, 4.69) is 5.32 Å². The number of phenolic OH excluding ortho intramolecular Hbond substituents is 2. The number of ether oxygens (including phenoxy) is 4. The topological polar surface area (TPSA) is 258 Å². The summed E-state index contributed by atoms with van der Waals surface area (Å²) in [6.45, 7) is 5.14. The van der Waals surface area contributed by atoms with Crippen molar-refractivity contribution in [3.63, 3.8) is 0 Å². The zero-order valence-electron chi connectivity index (χ0n) is 30.0. The van der Waals surface area contributed by atoms with Gasteiger partial charge in [-0.1, -0.05) is 26.0 Å². The molecule has 7 atom stereocenters. The minimum atomic E-state index is -2.45. The third kappa shape index (κ3) is 7.55. The predicted molar refractivity (Wildman–Crippen MR) is 182 cm³/mol. The number of methoxy groups -OCH3 is 1. The Morgan fingerprint density at radius 1 is 1.06 bits per heavy atom. The number of carbonyl (C=O) groups is 6. The van der Waals surface area contributed by atoms with Crippen molar-refractivity contribution in [1.82, 2.24) is 5.32 Å². The van der Waals surface area contributed by atoms with Gasteiger partial charge in [-0.25, -0.2) is 4.79 Å². The lowest BCUT2D eigenvalue weighted by Gasteiger charge is -2.42. The van der Waals surface area contributed by atoms with Gasteiger partial charge in [-0.15, -0.1) is 0 Å². The van der Waals surface area contributed by atoms with E-state index < -0.39 is 120 Å². The van der Waals surface area contributed by atoms with E-state index >= 15 is 0 Å². The Morgan fingerprint density at radius 2 is 1.74 bits per heavy atom. The summed E-state index contributed by atoms with van der Waals surface area (Å²) in [5, 5.41) is 48.2. The third-order valence-electron chi connectivity index (χ3n) is 9.95. The second-order valence-electron chi connectivity index (χ2n) is 14.1. The molecule has 2 aromatic rings. The van der Waals surface area contributed by atoms with Gasteiger partial charge in [0.05, 0.1) is 42.1 Å². The van der Waals surface area contributed by atoms with Crippen LogP contribution in [-0.2, 0) is 39.8 Å². The fourth-order valence-corrected chi connectivity index (χ4v) is 7.00. The monoisotopic (exact) mass is 740 g/mol. The van der Waals surface area contributed by atoms with E-state index in [1.807, 2.05) is 0 Å². The van der Waals surface area contributed by atoms with E-state index in [0.717, 1.165) is 0 Å². The average molecular weight is 741 g/mol. The number of esters is 1.